The summed E-state index contributed by atoms with van der Waals surface area (Å²) in [5.41, 5.74) is 1.95. The quantitative estimate of drug-likeness (QED) is 0.251. The molecule has 1 aliphatic carbocycles. The minimum atomic E-state index is -0.780. The van der Waals surface area contributed by atoms with Crippen LogP contribution in [0.2, 0.25) is 5.02 Å². The van der Waals surface area contributed by atoms with Crippen LogP contribution in [0.5, 0.6) is 5.75 Å². The van der Waals surface area contributed by atoms with E-state index in [2.05, 4.69) is 0 Å². The molecule has 1 saturated carbocycles. The Hall–Kier alpha value is -3.75. The number of methoxy groups -OCH3 is 2. The van der Waals surface area contributed by atoms with E-state index in [9.17, 15) is 24.3 Å². The van der Waals surface area contributed by atoms with Crippen LogP contribution in [-0.2, 0) is 16.0 Å². The second-order valence-corrected chi connectivity index (χ2v) is 10.9. The third-order valence-corrected chi connectivity index (χ3v) is 7.98. The Labute approximate surface area is 243 Å². The number of aliphatic hydroxyl groups excluding tert-OH is 1. The van der Waals surface area contributed by atoms with Crippen molar-refractivity contribution in [2.75, 3.05) is 14.2 Å². The number of pyridine rings is 1. The van der Waals surface area contributed by atoms with Crippen molar-refractivity contribution in [1.82, 2.24) is 4.57 Å². The van der Waals surface area contributed by atoms with Gasteiger partial charge in [0.1, 0.15) is 5.75 Å². The molecule has 1 heterocycles. The average molecular weight is 580 g/mol. The van der Waals surface area contributed by atoms with Crippen LogP contribution < -0.4 is 10.3 Å². The monoisotopic (exact) mass is 579 g/mol. The summed E-state index contributed by atoms with van der Waals surface area (Å²) in [6.07, 6.45) is 4.50. The van der Waals surface area contributed by atoms with E-state index in [4.69, 9.17) is 21.1 Å². The summed E-state index contributed by atoms with van der Waals surface area (Å²) in [5, 5.41) is 10.4. The van der Waals surface area contributed by atoms with Crippen LogP contribution in [0.1, 0.15) is 71.3 Å². The number of rotatable bonds is 10. The Morgan fingerprint density at radius 3 is 2.29 bits per heavy atom. The predicted molar refractivity (Wildman–Crippen MR) is 156 cm³/mol. The highest BCUT2D eigenvalue weighted by Gasteiger charge is 2.29. The van der Waals surface area contributed by atoms with Crippen LogP contribution in [0.3, 0.4) is 0 Å². The van der Waals surface area contributed by atoms with E-state index in [1.54, 1.807) is 42.5 Å². The molecule has 8 nitrogen and oxygen atoms in total. The molecule has 0 saturated heterocycles. The van der Waals surface area contributed by atoms with E-state index >= 15 is 0 Å². The number of aliphatic hydroxyl groups is 1. The number of hydrogen-bond acceptors (Lipinski definition) is 7. The van der Waals surface area contributed by atoms with Crippen molar-refractivity contribution >= 4 is 29.1 Å². The first-order valence-corrected chi connectivity index (χ1v) is 14.0. The van der Waals surface area contributed by atoms with E-state index in [0.717, 1.165) is 12.8 Å². The summed E-state index contributed by atoms with van der Waals surface area (Å²) < 4.78 is 11.8. The molecule has 0 amide bonds. The lowest BCUT2D eigenvalue weighted by molar-refractivity contribution is -0.122. The van der Waals surface area contributed by atoms with Gasteiger partial charge in [-0.25, -0.2) is 4.79 Å². The van der Waals surface area contributed by atoms with Gasteiger partial charge in [-0.3, -0.25) is 14.4 Å². The molecule has 0 radical (unpaired) electrons. The first-order valence-electron chi connectivity index (χ1n) is 13.6. The number of ether oxygens (including phenoxy) is 2. The van der Waals surface area contributed by atoms with Gasteiger partial charge in [-0.05, 0) is 86.4 Å². The summed E-state index contributed by atoms with van der Waals surface area (Å²) in [6.45, 7) is 1.44. The molecule has 1 unspecified atom stereocenters. The molecule has 1 aromatic heterocycles. The number of ketones is 2. The van der Waals surface area contributed by atoms with Crippen molar-refractivity contribution in [3.05, 3.63) is 86.8 Å². The molecule has 1 N–H and O–H groups in total. The second kappa shape index (κ2) is 13.3. The van der Waals surface area contributed by atoms with Gasteiger partial charge in [-0.1, -0.05) is 23.7 Å². The van der Waals surface area contributed by atoms with Crippen LogP contribution in [0.25, 0.3) is 11.1 Å². The molecule has 3 aromatic rings. The van der Waals surface area contributed by atoms with Gasteiger partial charge in [-0.15, -0.1) is 0 Å². The number of esters is 1. The molecule has 4 rings (SSSR count). The average Bonchev–Trinajstić information content (AvgIpc) is 2.96. The molecular formula is C32H34ClNO7. The largest absolute Gasteiger partial charge is 0.495 e. The van der Waals surface area contributed by atoms with E-state index in [1.807, 2.05) is 0 Å². The molecule has 1 fully saturated rings. The van der Waals surface area contributed by atoms with Crippen molar-refractivity contribution in [3.63, 3.8) is 0 Å². The van der Waals surface area contributed by atoms with Crippen LogP contribution in [0.15, 0.2) is 59.5 Å². The van der Waals surface area contributed by atoms with E-state index in [0.29, 0.717) is 57.9 Å². The Kier molecular flexibility index (Phi) is 9.78. The zero-order valence-corrected chi connectivity index (χ0v) is 24.1. The van der Waals surface area contributed by atoms with Crippen LogP contribution in [0.4, 0.5) is 0 Å². The third kappa shape index (κ3) is 7.13. The zero-order valence-electron chi connectivity index (χ0n) is 23.4. The molecule has 216 valence electrons. The summed E-state index contributed by atoms with van der Waals surface area (Å²) >= 11 is 6.24. The fourth-order valence-corrected chi connectivity index (χ4v) is 5.66. The maximum absolute atomic E-state index is 13.8. The Morgan fingerprint density at radius 2 is 1.68 bits per heavy atom. The lowest BCUT2D eigenvalue weighted by Gasteiger charge is -2.29. The number of carbonyl (C=O) groups excluding carboxylic acids is 3. The number of aromatic nitrogens is 1. The Morgan fingerprint density at radius 1 is 1.00 bits per heavy atom. The summed E-state index contributed by atoms with van der Waals surface area (Å²) in [7, 11) is 2.77. The number of halogens is 1. The minimum Gasteiger partial charge on any atom is -0.495 e. The third-order valence-electron chi connectivity index (χ3n) is 7.75. The number of benzene rings is 2. The van der Waals surface area contributed by atoms with Crippen molar-refractivity contribution in [2.45, 2.75) is 57.6 Å². The standard InChI is InChI=1S/C32H34ClNO7/c1-19(35)25-13-10-23(33)16-26(25)27-17-31(38)34(18-30(27)40-2)28(14-20-6-11-24(36)12-7-20)29(37)15-21-4-8-22(9-5-21)32(39)41-3/h4-5,8-10,13,16-18,20,24,28,36H,6-7,11-12,14-15H2,1-3H3. The molecular weight excluding hydrogens is 546 g/mol. The number of nitrogens with zero attached hydrogens (tertiary/aromatic N) is 1. The molecule has 1 aliphatic rings. The fraction of sp³-hybridized carbons (Fsp3) is 0.375. The number of Topliss-reactive ketones (excluding diaryl/α,β-unsaturated/α-hetero) is 2. The first-order chi connectivity index (χ1) is 19.6. The van der Waals surface area contributed by atoms with E-state index < -0.39 is 17.6 Å². The van der Waals surface area contributed by atoms with E-state index in [1.165, 1.54) is 38.0 Å². The van der Waals surface area contributed by atoms with E-state index in [-0.39, 0.29) is 30.0 Å². The Balaban J connectivity index is 1.73. The van der Waals surface area contributed by atoms with Gasteiger partial charge in [0.15, 0.2) is 11.6 Å². The topological polar surface area (TPSA) is 112 Å². The molecule has 1 atom stereocenters. The van der Waals surface area contributed by atoms with Gasteiger partial charge in [0.2, 0.25) is 0 Å². The zero-order chi connectivity index (χ0) is 29.7. The summed E-state index contributed by atoms with van der Waals surface area (Å²) in [6, 6.07) is 12.1. The van der Waals surface area contributed by atoms with Gasteiger partial charge >= 0.3 is 5.97 Å². The number of carbonyl (C=O) groups is 3. The van der Waals surface area contributed by atoms with Gasteiger partial charge in [-0.2, -0.15) is 0 Å². The van der Waals surface area contributed by atoms with Crippen LogP contribution >= 0.6 is 11.6 Å². The Bertz CT molecular complexity index is 1490. The number of hydrogen-bond donors (Lipinski definition) is 1. The lowest BCUT2D eigenvalue weighted by atomic mass is 9.82. The lowest BCUT2D eigenvalue weighted by Crippen LogP contribution is -2.33. The molecule has 41 heavy (non-hydrogen) atoms. The maximum Gasteiger partial charge on any atom is 0.337 e. The SMILES string of the molecule is COC(=O)c1ccc(CC(=O)C(CC2CCC(O)CC2)n2cc(OC)c(-c3cc(Cl)ccc3C(C)=O)cc2=O)cc1. The molecule has 0 aliphatic heterocycles. The smallest absolute Gasteiger partial charge is 0.337 e. The van der Waals surface area contributed by atoms with Crippen molar-refractivity contribution in [2.24, 2.45) is 5.92 Å². The van der Waals surface area contributed by atoms with Crippen molar-refractivity contribution < 1.29 is 29.0 Å². The van der Waals surface area contributed by atoms with Crippen LogP contribution in [-0.4, -0.2) is 47.5 Å². The molecule has 0 bridgehead atoms. The normalized spacial score (nSPS) is 17.5. The second-order valence-electron chi connectivity index (χ2n) is 10.5. The van der Waals surface area contributed by atoms with Gasteiger partial charge in [0, 0.05) is 28.6 Å². The maximum atomic E-state index is 13.8. The van der Waals surface area contributed by atoms with Gasteiger partial charge in [0.25, 0.3) is 5.56 Å². The van der Waals surface area contributed by atoms with Crippen molar-refractivity contribution in [3.8, 4) is 16.9 Å². The first kappa shape index (κ1) is 30.2. The molecule has 0 spiro atoms. The molecule has 2 aromatic carbocycles. The summed E-state index contributed by atoms with van der Waals surface area (Å²) in [5.74, 6) is -0.330. The van der Waals surface area contributed by atoms with Gasteiger partial charge < -0.3 is 19.1 Å². The van der Waals surface area contributed by atoms with Crippen molar-refractivity contribution in [1.29, 1.82) is 0 Å². The predicted octanol–water partition coefficient (Wildman–Crippen LogP) is 5.46. The summed E-state index contributed by atoms with van der Waals surface area (Å²) in [4.78, 5) is 51.6. The molecule has 9 heteroatoms. The van der Waals surface area contributed by atoms with Crippen LogP contribution in [0, 0.1) is 5.92 Å². The minimum absolute atomic E-state index is 0.0563. The van der Waals surface area contributed by atoms with Gasteiger partial charge in [0.05, 0.1) is 38.1 Å². The fourth-order valence-electron chi connectivity index (χ4n) is 5.48. The highest BCUT2D eigenvalue weighted by molar-refractivity contribution is 6.31. The highest BCUT2D eigenvalue weighted by atomic mass is 35.5. The highest BCUT2D eigenvalue weighted by Crippen LogP contribution is 2.36.